The molecule has 2 fully saturated rings. The highest BCUT2D eigenvalue weighted by molar-refractivity contribution is 7.89. The van der Waals surface area contributed by atoms with Gasteiger partial charge in [-0.05, 0) is 31.9 Å². The normalized spacial score (nSPS) is 18.3. The van der Waals surface area contributed by atoms with Gasteiger partial charge in [0, 0.05) is 51.0 Å². The maximum atomic E-state index is 13.1. The monoisotopic (exact) mass is 417 g/mol. The Morgan fingerprint density at radius 2 is 1.62 bits per heavy atom. The first-order valence-corrected chi connectivity index (χ1v) is 11.4. The molecular formula is C20H27N5O3S. The summed E-state index contributed by atoms with van der Waals surface area (Å²) in [5.41, 5.74) is 0.931. The number of rotatable bonds is 5. The van der Waals surface area contributed by atoms with Gasteiger partial charge in [0.2, 0.25) is 16.0 Å². The number of aryl methyl sites for hydroxylation is 1. The van der Waals surface area contributed by atoms with E-state index in [4.69, 9.17) is 9.72 Å². The first-order chi connectivity index (χ1) is 14.0. The largest absolute Gasteiger partial charge is 0.495 e. The lowest BCUT2D eigenvalue weighted by atomic mass is 10.3. The Morgan fingerprint density at radius 3 is 2.31 bits per heavy atom. The van der Waals surface area contributed by atoms with Gasteiger partial charge in [-0.25, -0.2) is 13.4 Å². The van der Waals surface area contributed by atoms with Gasteiger partial charge >= 0.3 is 0 Å². The molecule has 3 heterocycles. The number of para-hydroxylation sites is 1. The molecule has 2 aliphatic heterocycles. The molecule has 8 nitrogen and oxygen atoms in total. The highest BCUT2D eigenvalue weighted by Crippen LogP contribution is 2.28. The van der Waals surface area contributed by atoms with E-state index in [9.17, 15) is 8.42 Å². The molecule has 156 valence electrons. The molecule has 0 saturated carbocycles. The summed E-state index contributed by atoms with van der Waals surface area (Å²) >= 11 is 0. The summed E-state index contributed by atoms with van der Waals surface area (Å²) in [4.78, 5) is 13.9. The summed E-state index contributed by atoms with van der Waals surface area (Å²) in [6, 6.07) is 8.77. The number of piperazine rings is 1. The van der Waals surface area contributed by atoms with E-state index in [1.54, 1.807) is 24.3 Å². The second-order valence-corrected chi connectivity index (χ2v) is 9.31. The number of nitrogens with zero attached hydrogens (tertiary/aromatic N) is 5. The number of sulfonamides is 1. The van der Waals surface area contributed by atoms with Crippen molar-refractivity contribution in [3.63, 3.8) is 0 Å². The summed E-state index contributed by atoms with van der Waals surface area (Å²) in [6.45, 7) is 5.91. The minimum Gasteiger partial charge on any atom is -0.495 e. The van der Waals surface area contributed by atoms with E-state index in [0.717, 1.165) is 24.6 Å². The molecule has 0 N–H and O–H groups in total. The van der Waals surface area contributed by atoms with Crippen LogP contribution >= 0.6 is 0 Å². The third-order valence-corrected chi connectivity index (χ3v) is 7.41. The highest BCUT2D eigenvalue weighted by atomic mass is 32.2. The van der Waals surface area contributed by atoms with Crippen molar-refractivity contribution in [2.75, 3.05) is 56.2 Å². The van der Waals surface area contributed by atoms with Crippen LogP contribution in [0.4, 0.5) is 11.8 Å². The van der Waals surface area contributed by atoms with E-state index in [1.807, 2.05) is 13.0 Å². The maximum Gasteiger partial charge on any atom is 0.246 e. The standard InChI is InChI=1S/C20H27N5O3S/c1-16-15-19(23-9-5-6-10-23)22-20(21-16)24-11-13-25(14-12-24)29(26,27)18-8-4-3-7-17(18)28-2/h3-4,7-8,15H,5-6,9-14H2,1-2H3. The van der Waals surface area contributed by atoms with Crippen molar-refractivity contribution in [3.8, 4) is 5.75 Å². The minimum atomic E-state index is -3.61. The van der Waals surface area contributed by atoms with E-state index in [1.165, 1.54) is 24.3 Å². The third kappa shape index (κ3) is 4.02. The van der Waals surface area contributed by atoms with Crippen molar-refractivity contribution in [1.82, 2.24) is 14.3 Å². The van der Waals surface area contributed by atoms with E-state index in [0.29, 0.717) is 37.9 Å². The fourth-order valence-corrected chi connectivity index (χ4v) is 5.46. The fraction of sp³-hybridized carbons (Fsp3) is 0.500. The van der Waals surface area contributed by atoms with Crippen LogP contribution in [0.2, 0.25) is 0 Å². The van der Waals surface area contributed by atoms with Crippen molar-refractivity contribution in [2.24, 2.45) is 0 Å². The molecule has 9 heteroatoms. The topological polar surface area (TPSA) is 78.9 Å². The molecule has 1 aromatic heterocycles. The number of anilines is 2. The molecule has 2 saturated heterocycles. The molecule has 2 aliphatic rings. The van der Waals surface area contributed by atoms with Crippen LogP contribution in [-0.4, -0.2) is 69.1 Å². The second-order valence-electron chi connectivity index (χ2n) is 7.40. The van der Waals surface area contributed by atoms with E-state index >= 15 is 0 Å². The van der Waals surface area contributed by atoms with Crippen LogP contribution in [-0.2, 0) is 10.0 Å². The minimum absolute atomic E-state index is 0.207. The van der Waals surface area contributed by atoms with Crippen molar-refractivity contribution >= 4 is 21.8 Å². The number of aromatic nitrogens is 2. The average molecular weight is 418 g/mol. The summed E-state index contributed by atoms with van der Waals surface area (Å²) in [7, 11) is -2.12. The van der Waals surface area contributed by atoms with Gasteiger partial charge in [0.1, 0.15) is 16.5 Å². The van der Waals surface area contributed by atoms with Gasteiger partial charge in [-0.3, -0.25) is 0 Å². The number of methoxy groups -OCH3 is 1. The Labute approximate surface area is 172 Å². The quantitative estimate of drug-likeness (QED) is 0.735. The van der Waals surface area contributed by atoms with Gasteiger partial charge in [0.25, 0.3) is 0 Å². The fourth-order valence-electron chi connectivity index (χ4n) is 3.89. The Hall–Kier alpha value is -2.39. The van der Waals surface area contributed by atoms with Crippen molar-refractivity contribution in [3.05, 3.63) is 36.0 Å². The zero-order valence-electron chi connectivity index (χ0n) is 16.9. The van der Waals surface area contributed by atoms with Crippen LogP contribution in [0.3, 0.4) is 0 Å². The molecular weight excluding hydrogens is 390 g/mol. The van der Waals surface area contributed by atoms with Crippen LogP contribution in [0.25, 0.3) is 0 Å². The van der Waals surface area contributed by atoms with Gasteiger partial charge in [0.05, 0.1) is 7.11 Å². The van der Waals surface area contributed by atoms with Crippen LogP contribution in [0.1, 0.15) is 18.5 Å². The average Bonchev–Trinajstić information content (AvgIpc) is 3.28. The van der Waals surface area contributed by atoms with Crippen molar-refractivity contribution < 1.29 is 13.2 Å². The van der Waals surface area contributed by atoms with E-state index < -0.39 is 10.0 Å². The summed E-state index contributed by atoms with van der Waals surface area (Å²) in [6.07, 6.45) is 2.38. The van der Waals surface area contributed by atoms with Gasteiger partial charge in [-0.2, -0.15) is 9.29 Å². The van der Waals surface area contributed by atoms with Gasteiger partial charge < -0.3 is 14.5 Å². The smallest absolute Gasteiger partial charge is 0.246 e. The summed E-state index contributed by atoms with van der Waals surface area (Å²) < 4.78 is 32.9. The zero-order valence-corrected chi connectivity index (χ0v) is 17.7. The lowest BCUT2D eigenvalue weighted by molar-refractivity contribution is 0.372. The summed E-state index contributed by atoms with van der Waals surface area (Å²) in [5.74, 6) is 2.02. The molecule has 0 unspecified atom stereocenters. The molecule has 0 radical (unpaired) electrons. The molecule has 2 aromatic rings. The highest BCUT2D eigenvalue weighted by Gasteiger charge is 2.31. The number of ether oxygens (including phenoxy) is 1. The summed E-state index contributed by atoms with van der Waals surface area (Å²) in [5, 5.41) is 0. The SMILES string of the molecule is COc1ccccc1S(=O)(=O)N1CCN(c2nc(C)cc(N3CCCC3)n2)CC1. The second kappa shape index (κ2) is 8.16. The lowest BCUT2D eigenvalue weighted by Crippen LogP contribution is -2.49. The van der Waals surface area contributed by atoms with Crippen molar-refractivity contribution in [2.45, 2.75) is 24.7 Å². The van der Waals surface area contributed by atoms with E-state index in [2.05, 4.69) is 14.8 Å². The zero-order chi connectivity index (χ0) is 20.4. The van der Waals surface area contributed by atoms with Crippen LogP contribution in [0, 0.1) is 6.92 Å². The molecule has 1 aromatic carbocycles. The van der Waals surface area contributed by atoms with E-state index in [-0.39, 0.29) is 4.90 Å². The molecule has 0 spiro atoms. The molecule has 0 aliphatic carbocycles. The Bertz CT molecular complexity index is 968. The first-order valence-electron chi connectivity index (χ1n) is 9.98. The molecule has 29 heavy (non-hydrogen) atoms. The van der Waals surface area contributed by atoms with Crippen molar-refractivity contribution in [1.29, 1.82) is 0 Å². The number of hydrogen-bond acceptors (Lipinski definition) is 7. The van der Waals surface area contributed by atoms with Crippen LogP contribution in [0.15, 0.2) is 35.2 Å². The molecule has 0 atom stereocenters. The lowest BCUT2D eigenvalue weighted by Gasteiger charge is -2.34. The molecule has 0 bridgehead atoms. The Morgan fingerprint density at radius 1 is 0.931 bits per heavy atom. The Balaban J connectivity index is 1.50. The predicted octanol–water partition coefficient (Wildman–Crippen LogP) is 1.90. The molecule has 0 amide bonds. The molecule has 4 rings (SSSR count). The number of benzene rings is 1. The Kier molecular flexibility index (Phi) is 5.60. The third-order valence-electron chi connectivity index (χ3n) is 5.47. The maximum absolute atomic E-state index is 13.1. The van der Waals surface area contributed by atoms with Crippen LogP contribution < -0.4 is 14.5 Å². The van der Waals surface area contributed by atoms with Gasteiger partial charge in [-0.15, -0.1) is 0 Å². The van der Waals surface area contributed by atoms with Gasteiger partial charge in [0.15, 0.2) is 0 Å². The number of hydrogen-bond donors (Lipinski definition) is 0. The van der Waals surface area contributed by atoms with Gasteiger partial charge in [-0.1, -0.05) is 12.1 Å². The predicted molar refractivity (Wildman–Crippen MR) is 112 cm³/mol. The van der Waals surface area contributed by atoms with Crippen LogP contribution in [0.5, 0.6) is 5.75 Å². The first kappa shape index (κ1) is 19.9.